The van der Waals surface area contributed by atoms with Crippen LogP contribution in [0, 0.1) is 17.5 Å². The molecule has 2 aromatic carbocycles. The summed E-state index contributed by atoms with van der Waals surface area (Å²) in [5.74, 6) is -2.90. The third kappa shape index (κ3) is 2.83. The summed E-state index contributed by atoms with van der Waals surface area (Å²) in [6.45, 7) is 0. The van der Waals surface area contributed by atoms with Gasteiger partial charge in [0.25, 0.3) is 0 Å². The molecule has 18 heavy (non-hydrogen) atoms. The molecule has 0 saturated heterocycles. The van der Waals surface area contributed by atoms with Crippen LogP contribution in [-0.2, 0) is 0 Å². The van der Waals surface area contributed by atoms with Crippen LogP contribution in [0.15, 0.2) is 42.5 Å². The second-order valence-electron chi connectivity index (χ2n) is 3.67. The highest BCUT2D eigenvalue weighted by atomic mass is 35.5. The fourth-order valence-electron chi connectivity index (χ4n) is 1.68. The Morgan fingerprint density at radius 3 is 1.89 bits per heavy atom. The Labute approximate surface area is 109 Å². The maximum Gasteiger partial charge on any atom is 0.134 e. The van der Waals surface area contributed by atoms with E-state index in [0.717, 1.165) is 0 Å². The Morgan fingerprint density at radius 1 is 0.889 bits per heavy atom. The second-order valence-corrected chi connectivity index (χ2v) is 3.67. The van der Waals surface area contributed by atoms with E-state index in [4.69, 9.17) is 5.73 Å². The maximum absolute atomic E-state index is 13.5. The van der Waals surface area contributed by atoms with E-state index in [2.05, 4.69) is 0 Å². The normalized spacial score (nSPS) is 11.8. The number of halogens is 4. The van der Waals surface area contributed by atoms with E-state index in [1.165, 1.54) is 0 Å². The van der Waals surface area contributed by atoms with E-state index < -0.39 is 23.5 Å². The molecular formula is C13H11ClF3N. The summed E-state index contributed by atoms with van der Waals surface area (Å²) in [6, 6.07) is 8.83. The van der Waals surface area contributed by atoms with Crippen molar-refractivity contribution in [2.45, 2.75) is 6.04 Å². The molecule has 5 heteroatoms. The van der Waals surface area contributed by atoms with Crippen molar-refractivity contribution in [1.29, 1.82) is 0 Å². The van der Waals surface area contributed by atoms with Gasteiger partial charge in [0.05, 0.1) is 6.04 Å². The number of hydrogen-bond donors (Lipinski definition) is 1. The van der Waals surface area contributed by atoms with E-state index in [1.807, 2.05) is 0 Å². The van der Waals surface area contributed by atoms with Crippen LogP contribution in [0.1, 0.15) is 17.2 Å². The largest absolute Gasteiger partial charge is 0.320 e. The molecule has 2 N–H and O–H groups in total. The van der Waals surface area contributed by atoms with Gasteiger partial charge < -0.3 is 5.73 Å². The molecule has 1 atom stereocenters. The molecule has 96 valence electrons. The van der Waals surface area contributed by atoms with Gasteiger partial charge in [-0.25, -0.2) is 13.2 Å². The summed E-state index contributed by atoms with van der Waals surface area (Å²) in [5, 5.41) is 0. The Balaban J connectivity index is 0.00000162. The molecule has 0 amide bonds. The zero-order chi connectivity index (χ0) is 12.4. The first-order valence-corrected chi connectivity index (χ1v) is 5.04. The molecule has 0 saturated carbocycles. The average molecular weight is 274 g/mol. The number of nitrogens with two attached hydrogens (primary N) is 1. The maximum atomic E-state index is 13.5. The quantitative estimate of drug-likeness (QED) is 0.889. The van der Waals surface area contributed by atoms with Gasteiger partial charge in [0, 0.05) is 17.7 Å². The lowest BCUT2D eigenvalue weighted by atomic mass is 9.98. The lowest BCUT2D eigenvalue weighted by molar-refractivity contribution is 0.515. The van der Waals surface area contributed by atoms with E-state index in [-0.39, 0.29) is 18.0 Å². The van der Waals surface area contributed by atoms with Crippen molar-refractivity contribution < 1.29 is 13.2 Å². The van der Waals surface area contributed by atoms with Gasteiger partial charge in [-0.15, -0.1) is 12.4 Å². The molecule has 0 aliphatic rings. The van der Waals surface area contributed by atoms with Crippen molar-refractivity contribution in [2.24, 2.45) is 5.73 Å². The molecule has 1 unspecified atom stereocenters. The fraction of sp³-hybridized carbons (Fsp3) is 0.0769. The minimum Gasteiger partial charge on any atom is -0.320 e. The van der Waals surface area contributed by atoms with Crippen molar-refractivity contribution in [1.82, 2.24) is 0 Å². The topological polar surface area (TPSA) is 26.0 Å². The van der Waals surface area contributed by atoms with Crippen molar-refractivity contribution in [3.8, 4) is 0 Å². The minimum atomic E-state index is -0.973. The molecular weight excluding hydrogens is 263 g/mol. The first-order valence-electron chi connectivity index (χ1n) is 5.04. The van der Waals surface area contributed by atoms with E-state index in [9.17, 15) is 13.2 Å². The molecule has 0 spiro atoms. The molecule has 0 radical (unpaired) electrons. The fourth-order valence-corrected chi connectivity index (χ4v) is 1.68. The molecule has 0 fully saturated rings. The van der Waals surface area contributed by atoms with Crippen LogP contribution in [-0.4, -0.2) is 0 Å². The number of rotatable bonds is 2. The lowest BCUT2D eigenvalue weighted by Crippen LogP contribution is -2.15. The Kier molecular flexibility index (Phi) is 4.76. The summed E-state index contributed by atoms with van der Waals surface area (Å²) in [6.07, 6.45) is 0. The van der Waals surface area contributed by atoms with Crippen LogP contribution in [0.3, 0.4) is 0 Å². The molecule has 2 aromatic rings. The van der Waals surface area contributed by atoms with Gasteiger partial charge in [-0.1, -0.05) is 30.3 Å². The zero-order valence-electron chi connectivity index (χ0n) is 9.24. The van der Waals surface area contributed by atoms with Gasteiger partial charge in [0.15, 0.2) is 0 Å². The highest BCUT2D eigenvalue weighted by Gasteiger charge is 2.19. The predicted octanol–water partition coefficient (Wildman–Crippen LogP) is 3.57. The van der Waals surface area contributed by atoms with Crippen LogP contribution in [0.4, 0.5) is 13.2 Å². The highest BCUT2D eigenvalue weighted by molar-refractivity contribution is 5.85. The zero-order valence-corrected chi connectivity index (χ0v) is 10.1. The number of hydrogen-bond acceptors (Lipinski definition) is 1. The summed E-state index contributed by atoms with van der Waals surface area (Å²) in [5.41, 5.74) is 6.01. The summed E-state index contributed by atoms with van der Waals surface area (Å²) in [7, 11) is 0. The SMILES string of the molecule is Cl.NC(c1ccccc1)c1c(F)cc(F)cc1F. The summed E-state index contributed by atoms with van der Waals surface area (Å²) < 4.78 is 39.7. The van der Waals surface area contributed by atoms with Gasteiger partial charge in [0.1, 0.15) is 17.5 Å². The van der Waals surface area contributed by atoms with Crippen LogP contribution in [0.25, 0.3) is 0 Å². The van der Waals surface area contributed by atoms with Crippen LogP contribution in [0.5, 0.6) is 0 Å². The number of benzene rings is 2. The van der Waals surface area contributed by atoms with Gasteiger partial charge in [-0.2, -0.15) is 0 Å². The third-order valence-corrected chi connectivity index (χ3v) is 2.51. The first-order chi connectivity index (χ1) is 8.09. The second kappa shape index (κ2) is 5.89. The molecule has 0 aliphatic carbocycles. The molecule has 2 rings (SSSR count). The van der Waals surface area contributed by atoms with E-state index in [1.54, 1.807) is 30.3 Å². The Hall–Kier alpha value is -1.52. The first kappa shape index (κ1) is 14.5. The average Bonchev–Trinajstić information content (AvgIpc) is 2.28. The standard InChI is InChI=1S/C13H10F3N.ClH/c14-9-6-10(15)12(11(16)7-9)13(17)8-4-2-1-3-5-8;/h1-7,13H,17H2;1H. The minimum absolute atomic E-state index is 0. The van der Waals surface area contributed by atoms with E-state index >= 15 is 0 Å². The van der Waals surface area contributed by atoms with Crippen LogP contribution >= 0.6 is 12.4 Å². The van der Waals surface area contributed by atoms with Crippen molar-refractivity contribution >= 4 is 12.4 Å². The third-order valence-electron chi connectivity index (χ3n) is 2.51. The van der Waals surface area contributed by atoms with Crippen molar-refractivity contribution in [3.63, 3.8) is 0 Å². The smallest absolute Gasteiger partial charge is 0.134 e. The molecule has 0 heterocycles. The van der Waals surface area contributed by atoms with Gasteiger partial charge in [0.2, 0.25) is 0 Å². The molecule has 0 bridgehead atoms. The Bertz CT molecular complexity index is 508. The van der Waals surface area contributed by atoms with Gasteiger partial charge in [-0.3, -0.25) is 0 Å². The summed E-state index contributed by atoms with van der Waals surface area (Å²) >= 11 is 0. The molecule has 1 nitrogen and oxygen atoms in total. The van der Waals surface area contributed by atoms with Gasteiger partial charge >= 0.3 is 0 Å². The van der Waals surface area contributed by atoms with Crippen molar-refractivity contribution in [2.75, 3.05) is 0 Å². The highest BCUT2D eigenvalue weighted by Crippen LogP contribution is 2.25. The molecule has 0 aromatic heterocycles. The summed E-state index contributed by atoms with van der Waals surface area (Å²) in [4.78, 5) is 0. The Morgan fingerprint density at radius 2 is 1.39 bits per heavy atom. The monoisotopic (exact) mass is 273 g/mol. The van der Waals surface area contributed by atoms with Crippen LogP contribution in [0.2, 0.25) is 0 Å². The van der Waals surface area contributed by atoms with Crippen molar-refractivity contribution in [3.05, 3.63) is 71.0 Å². The predicted molar refractivity (Wildman–Crippen MR) is 66.0 cm³/mol. The van der Waals surface area contributed by atoms with Gasteiger partial charge in [-0.05, 0) is 5.56 Å². The van der Waals surface area contributed by atoms with Crippen LogP contribution < -0.4 is 5.73 Å². The molecule has 0 aliphatic heterocycles. The lowest BCUT2D eigenvalue weighted by Gasteiger charge is -2.14. The van der Waals surface area contributed by atoms with E-state index in [0.29, 0.717) is 17.7 Å².